The predicted octanol–water partition coefficient (Wildman–Crippen LogP) is 1.44. The molecule has 0 radical (unpaired) electrons. The lowest BCUT2D eigenvalue weighted by atomic mass is 10.2. The van der Waals surface area contributed by atoms with Gasteiger partial charge in [-0.2, -0.15) is 5.10 Å². The number of anilines is 2. The molecule has 0 aliphatic carbocycles. The summed E-state index contributed by atoms with van der Waals surface area (Å²) in [4.78, 5) is 26.0. The molecule has 3 aromatic rings. The number of pyridine rings is 1. The van der Waals surface area contributed by atoms with Crippen molar-refractivity contribution in [2.24, 2.45) is 0 Å². The molecular formula is C18H21N7O. The number of fused-ring (bicyclic) bond motifs is 1. The molecule has 1 saturated heterocycles. The molecule has 8 heteroatoms. The van der Waals surface area contributed by atoms with Gasteiger partial charge in [-0.15, -0.1) is 0 Å². The number of likely N-dealkylation sites (N-methyl/N-ethyl adjacent to an activating group) is 1. The molecule has 1 N–H and O–H groups in total. The van der Waals surface area contributed by atoms with Gasteiger partial charge in [-0.3, -0.25) is 4.79 Å². The van der Waals surface area contributed by atoms with Gasteiger partial charge in [-0.1, -0.05) is 0 Å². The van der Waals surface area contributed by atoms with E-state index in [1.165, 1.54) is 0 Å². The Hall–Kier alpha value is -3.00. The fourth-order valence-electron chi connectivity index (χ4n) is 3.10. The quantitative estimate of drug-likeness (QED) is 0.769. The van der Waals surface area contributed by atoms with Crippen molar-refractivity contribution in [3.05, 3.63) is 48.0 Å². The van der Waals surface area contributed by atoms with Crippen LogP contribution in [0.3, 0.4) is 0 Å². The van der Waals surface area contributed by atoms with Crippen LogP contribution in [0.15, 0.2) is 36.8 Å². The lowest BCUT2D eigenvalue weighted by molar-refractivity contribution is 0.102. The van der Waals surface area contributed by atoms with Crippen molar-refractivity contribution in [2.45, 2.75) is 6.92 Å². The van der Waals surface area contributed by atoms with E-state index in [2.05, 4.69) is 37.2 Å². The molecule has 26 heavy (non-hydrogen) atoms. The molecule has 4 rings (SSSR count). The number of hydrogen-bond acceptors (Lipinski definition) is 6. The molecular weight excluding hydrogens is 330 g/mol. The molecule has 8 nitrogen and oxygen atoms in total. The van der Waals surface area contributed by atoms with Gasteiger partial charge in [0.25, 0.3) is 5.91 Å². The number of nitrogens with zero attached hydrogens (tertiary/aromatic N) is 6. The van der Waals surface area contributed by atoms with Gasteiger partial charge in [0.1, 0.15) is 5.82 Å². The third-order valence-corrected chi connectivity index (χ3v) is 4.67. The van der Waals surface area contributed by atoms with E-state index < -0.39 is 0 Å². The highest BCUT2D eigenvalue weighted by atomic mass is 16.1. The second-order valence-electron chi connectivity index (χ2n) is 6.52. The van der Waals surface area contributed by atoms with Crippen molar-refractivity contribution in [3.8, 4) is 0 Å². The van der Waals surface area contributed by atoms with Gasteiger partial charge in [-0.25, -0.2) is 14.5 Å². The summed E-state index contributed by atoms with van der Waals surface area (Å²) in [6.45, 7) is 5.80. The van der Waals surface area contributed by atoms with E-state index in [-0.39, 0.29) is 5.91 Å². The summed E-state index contributed by atoms with van der Waals surface area (Å²) < 4.78 is 1.59. The second-order valence-corrected chi connectivity index (χ2v) is 6.52. The molecule has 1 aliphatic heterocycles. The van der Waals surface area contributed by atoms with Crippen LogP contribution >= 0.6 is 0 Å². The van der Waals surface area contributed by atoms with E-state index in [1.54, 1.807) is 29.2 Å². The van der Waals surface area contributed by atoms with E-state index in [9.17, 15) is 4.79 Å². The summed E-state index contributed by atoms with van der Waals surface area (Å²) in [5.74, 6) is 0.293. The molecule has 0 unspecified atom stereocenters. The number of piperazine rings is 1. The van der Waals surface area contributed by atoms with Crippen molar-refractivity contribution >= 4 is 23.1 Å². The third kappa shape index (κ3) is 3.23. The topological polar surface area (TPSA) is 78.7 Å². The highest BCUT2D eigenvalue weighted by Gasteiger charge is 2.16. The summed E-state index contributed by atoms with van der Waals surface area (Å²) in [5, 5.41) is 7.02. The molecule has 3 aromatic heterocycles. The van der Waals surface area contributed by atoms with Gasteiger partial charge in [-0.05, 0) is 20.0 Å². The first kappa shape index (κ1) is 16.5. The number of aromatic nitrogens is 4. The Morgan fingerprint density at radius 2 is 1.96 bits per heavy atom. The molecule has 0 aromatic carbocycles. The highest BCUT2D eigenvalue weighted by molar-refractivity contribution is 6.04. The SMILES string of the molecule is Cc1nc2ccnn2cc1C(=O)Nc1cc(N2CCN(C)CC2)ccn1. The van der Waals surface area contributed by atoms with E-state index >= 15 is 0 Å². The van der Waals surface area contributed by atoms with Crippen LogP contribution < -0.4 is 10.2 Å². The first-order chi connectivity index (χ1) is 12.6. The summed E-state index contributed by atoms with van der Waals surface area (Å²) in [6.07, 6.45) is 5.08. The van der Waals surface area contributed by atoms with E-state index in [0.29, 0.717) is 22.7 Å². The molecule has 0 saturated carbocycles. The van der Waals surface area contributed by atoms with Crippen LogP contribution in [0.4, 0.5) is 11.5 Å². The summed E-state index contributed by atoms with van der Waals surface area (Å²) in [6, 6.07) is 5.69. The maximum atomic E-state index is 12.7. The van der Waals surface area contributed by atoms with E-state index in [1.807, 2.05) is 19.1 Å². The standard InChI is InChI=1S/C18H21N7O/c1-13-15(12-25-17(21-13)4-6-20-25)18(26)22-16-11-14(3-5-19-16)24-9-7-23(2)8-10-24/h3-6,11-12H,7-10H2,1-2H3,(H,19,22,26). The van der Waals surface area contributed by atoms with Crippen molar-refractivity contribution in [1.29, 1.82) is 0 Å². The monoisotopic (exact) mass is 351 g/mol. The number of aryl methyl sites for hydroxylation is 1. The van der Waals surface area contributed by atoms with Crippen molar-refractivity contribution in [2.75, 3.05) is 43.4 Å². The van der Waals surface area contributed by atoms with Crippen LogP contribution in [-0.2, 0) is 0 Å². The Kier molecular flexibility index (Phi) is 4.26. The number of carbonyl (C=O) groups excluding carboxylic acids is 1. The Balaban J connectivity index is 1.53. The Labute approximate surface area is 151 Å². The fraction of sp³-hybridized carbons (Fsp3) is 0.333. The molecule has 0 atom stereocenters. The average Bonchev–Trinajstić information content (AvgIpc) is 3.09. The lowest BCUT2D eigenvalue weighted by Gasteiger charge is -2.34. The zero-order valence-corrected chi connectivity index (χ0v) is 14.9. The Morgan fingerprint density at radius 1 is 1.15 bits per heavy atom. The van der Waals surface area contributed by atoms with Crippen LogP contribution in [0.25, 0.3) is 5.65 Å². The Morgan fingerprint density at radius 3 is 2.77 bits per heavy atom. The van der Waals surface area contributed by atoms with Crippen molar-refractivity contribution in [1.82, 2.24) is 24.5 Å². The number of nitrogens with one attached hydrogen (secondary N) is 1. The summed E-state index contributed by atoms with van der Waals surface area (Å²) in [7, 11) is 2.13. The maximum Gasteiger partial charge on any atom is 0.260 e. The second kappa shape index (κ2) is 6.72. The molecule has 0 bridgehead atoms. The number of carbonyl (C=O) groups is 1. The first-order valence-electron chi connectivity index (χ1n) is 8.62. The number of hydrogen-bond donors (Lipinski definition) is 1. The van der Waals surface area contributed by atoms with Gasteiger partial charge in [0, 0.05) is 56.4 Å². The van der Waals surface area contributed by atoms with Gasteiger partial charge < -0.3 is 15.1 Å². The number of amides is 1. The normalized spacial score (nSPS) is 15.4. The zero-order chi connectivity index (χ0) is 18.1. The molecule has 1 amide bonds. The Bertz CT molecular complexity index is 944. The van der Waals surface area contributed by atoms with Crippen LogP contribution in [-0.4, -0.2) is 63.6 Å². The van der Waals surface area contributed by atoms with E-state index in [0.717, 1.165) is 31.9 Å². The molecule has 1 fully saturated rings. The molecule has 0 spiro atoms. The molecule has 1 aliphatic rings. The van der Waals surface area contributed by atoms with Crippen LogP contribution in [0.5, 0.6) is 0 Å². The minimum atomic E-state index is -0.240. The average molecular weight is 351 g/mol. The van der Waals surface area contributed by atoms with Gasteiger partial charge in [0.15, 0.2) is 5.65 Å². The van der Waals surface area contributed by atoms with Crippen molar-refractivity contribution < 1.29 is 4.79 Å². The van der Waals surface area contributed by atoms with Crippen LogP contribution in [0.2, 0.25) is 0 Å². The summed E-state index contributed by atoms with van der Waals surface area (Å²) in [5.41, 5.74) is 2.92. The molecule has 4 heterocycles. The van der Waals surface area contributed by atoms with Gasteiger partial charge in [0.05, 0.1) is 17.5 Å². The van der Waals surface area contributed by atoms with Crippen LogP contribution in [0.1, 0.15) is 16.1 Å². The van der Waals surface area contributed by atoms with Gasteiger partial charge >= 0.3 is 0 Å². The van der Waals surface area contributed by atoms with Gasteiger partial charge in [0.2, 0.25) is 0 Å². The smallest absolute Gasteiger partial charge is 0.260 e. The zero-order valence-electron chi connectivity index (χ0n) is 14.9. The highest BCUT2D eigenvalue weighted by Crippen LogP contribution is 2.19. The number of rotatable bonds is 3. The predicted molar refractivity (Wildman–Crippen MR) is 99.6 cm³/mol. The third-order valence-electron chi connectivity index (χ3n) is 4.67. The first-order valence-corrected chi connectivity index (χ1v) is 8.62. The minimum Gasteiger partial charge on any atom is -0.369 e. The molecule has 134 valence electrons. The lowest BCUT2D eigenvalue weighted by Crippen LogP contribution is -2.44. The maximum absolute atomic E-state index is 12.7. The van der Waals surface area contributed by atoms with Crippen molar-refractivity contribution in [3.63, 3.8) is 0 Å². The largest absolute Gasteiger partial charge is 0.369 e. The minimum absolute atomic E-state index is 0.240. The van der Waals surface area contributed by atoms with Crippen LogP contribution in [0, 0.1) is 6.92 Å². The summed E-state index contributed by atoms with van der Waals surface area (Å²) >= 11 is 0. The fourth-order valence-corrected chi connectivity index (χ4v) is 3.10. The van der Waals surface area contributed by atoms with E-state index in [4.69, 9.17) is 0 Å².